The summed E-state index contributed by atoms with van der Waals surface area (Å²) in [4.78, 5) is 20.6. The lowest BCUT2D eigenvalue weighted by molar-refractivity contribution is -0.137. The van der Waals surface area contributed by atoms with Gasteiger partial charge in [-0.1, -0.05) is 43.0 Å². The molecule has 1 aromatic heterocycles. The third kappa shape index (κ3) is 8.07. The number of hydrogen-bond acceptors (Lipinski definition) is 5. The van der Waals surface area contributed by atoms with Crippen molar-refractivity contribution in [2.24, 2.45) is 11.3 Å². The molecule has 2 aromatic carbocycles. The van der Waals surface area contributed by atoms with Crippen molar-refractivity contribution >= 4 is 23.2 Å². The van der Waals surface area contributed by atoms with Crippen LogP contribution in [0.3, 0.4) is 0 Å². The van der Waals surface area contributed by atoms with Gasteiger partial charge in [-0.15, -0.1) is 0 Å². The van der Waals surface area contributed by atoms with Crippen LogP contribution in [0.25, 0.3) is 0 Å². The fourth-order valence-electron chi connectivity index (χ4n) is 8.21. The number of hydrogen-bond donors (Lipinski definition) is 2. The number of likely N-dealkylation sites (tertiary alicyclic amines) is 1. The molecule has 1 aliphatic heterocycles. The van der Waals surface area contributed by atoms with Crippen molar-refractivity contribution < 1.29 is 9.18 Å². The number of piperidine rings is 1. The highest BCUT2D eigenvalue weighted by Gasteiger charge is 2.44. The molecule has 9 heteroatoms. The molecule has 3 fully saturated rings. The summed E-state index contributed by atoms with van der Waals surface area (Å²) in [5.41, 5.74) is 3.21. The maximum absolute atomic E-state index is 14.3. The molecule has 242 valence electrons. The lowest BCUT2D eigenvalue weighted by atomic mass is 9.63. The lowest BCUT2D eigenvalue weighted by Crippen LogP contribution is -2.55. The summed E-state index contributed by atoms with van der Waals surface area (Å²) in [5, 5.41) is 12.6. The first-order valence-electron chi connectivity index (χ1n) is 17.0. The topological polar surface area (TPSA) is 75.1 Å². The van der Waals surface area contributed by atoms with Gasteiger partial charge in [-0.05, 0) is 118 Å². The summed E-state index contributed by atoms with van der Waals surface area (Å²) in [5.74, 6) is 0.689. The van der Waals surface area contributed by atoms with Gasteiger partial charge in [-0.25, -0.2) is 9.37 Å². The van der Waals surface area contributed by atoms with E-state index in [4.69, 9.17) is 11.6 Å². The average molecular weight is 635 g/mol. The average Bonchev–Trinajstić information content (AvgIpc) is 3.57. The van der Waals surface area contributed by atoms with Gasteiger partial charge in [0.15, 0.2) is 0 Å². The van der Waals surface area contributed by atoms with Crippen LogP contribution in [-0.2, 0) is 17.8 Å². The molecule has 3 aliphatic rings. The third-order valence-electron chi connectivity index (χ3n) is 10.8. The minimum absolute atomic E-state index is 0.165. The zero-order valence-corrected chi connectivity index (χ0v) is 27.3. The lowest BCUT2D eigenvalue weighted by Gasteiger charge is -2.48. The van der Waals surface area contributed by atoms with Gasteiger partial charge in [-0.2, -0.15) is 5.10 Å². The summed E-state index contributed by atoms with van der Waals surface area (Å²) >= 11 is 6.19. The molecule has 3 aromatic rings. The number of rotatable bonds is 10. The number of aryl methyl sites for hydroxylation is 1. The van der Waals surface area contributed by atoms with Crippen LogP contribution in [0.2, 0.25) is 5.02 Å². The molecule has 1 saturated heterocycles. The van der Waals surface area contributed by atoms with Crippen LogP contribution in [0, 0.1) is 24.1 Å². The van der Waals surface area contributed by atoms with Gasteiger partial charge >= 0.3 is 0 Å². The predicted octanol–water partition coefficient (Wildman–Crippen LogP) is 7.19. The molecule has 2 saturated carbocycles. The van der Waals surface area contributed by atoms with Crippen molar-refractivity contribution in [2.75, 3.05) is 18.4 Å². The molecule has 0 spiro atoms. The highest BCUT2D eigenvalue weighted by molar-refractivity contribution is 6.30. The van der Waals surface area contributed by atoms with Crippen molar-refractivity contribution in [3.8, 4) is 0 Å². The normalized spacial score (nSPS) is 23.0. The molecular weight excluding hydrogens is 587 g/mol. The summed E-state index contributed by atoms with van der Waals surface area (Å²) in [6, 6.07) is 13.2. The second-order valence-corrected chi connectivity index (χ2v) is 14.3. The van der Waals surface area contributed by atoms with Crippen LogP contribution in [0.1, 0.15) is 81.8 Å². The van der Waals surface area contributed by atoms with Crippen LogP contribution in [0.5, 0.6) is 0 Å². The maximum Gasteiger partial charge on any atom is 0.240 e. The molecule has 7 nitrogen and oxygen atoms in total. The quantitative estimate of drug-likeness (QED) is 0.247. The Morgan fingerprint density at radius 3 is 2.38 bits per heavy atom. The molecule has 2 N–H and O–H groups in total. The molecule has 1 atom stereocenters. The molecule has 0 bridgehead atoms. The Kier molecular flexibility index (Phi) is 10.4. The van der Waals surface area contributed by atoms with Gasteiger partial charge < -0.3 is 15.5 Å². The number of nitrogens with one attached hydrogen (secondary N) is 2. The Labute approximate surface area is 272 Å². The number of amides is 1. The first-order chi connectivity index (χ1) is 21.9. The number of carbonyl (C=O) groups excluding carboxylic acids is 1. The second kappa shape index (κ2) is 14.6. The minimum atomic E-state index is -0.280. The van der Waals surface area contributed by atoms with Gasteiger partial charge in [0.25, 0.3) is 0 Å². The number of nitrogens with zero attached hydrogens (tertiary/aromatic N) is 4. The van der Waals surface area contributed by atoms with E-state index < -0.39 is 0 Å². The Balaban J connectivity index is 1.11. The molecule has 45 heavy (non-hydrogen) atoms. The molecule has 2 aliphatic carbocycles. The van der Waals surface area contributed by atoms with E-state index in [1.54, 1.807) is 12.4 Å². The summed E-state index contributed by atoms with van der Waals surface area (Å²) in [6.07, 6.45) is 16.6. The van der Waals surface area contributed by atoms with Gasteiger partial charge in [0.1, 0.15) is 18.5 Å². The minimum Gasteiger partial charge on any atom is -0.382 e. The summed E-state index contributed by atoms with van der Waals surface area (Å²) in [7, 11) is 0. The smallest absolute Gasteiger partial charge is 0.240 e. The van der Waals surface area contributed by atoms with Crippen LogP contribution < -0.4 is 10.6 Å². The summed E-state index contributed by atoms with van der Waals surface area (Å²) < 4.78 is 15.6. The van der Waals surface area contributed by atoms with E-state index >= 15 is 0 Å². The number of halogens is 2. The maximum atomic E-state index is 14.3. The Morgan fingerprint density at radius 2 is 1.71 bits per heavy atom. The largest absolute Gasteiger partial charge is 0.382 e. The molecule has 0 radical (unpaired) electrons. The van der Waals surface area contributed by atoms with Crippen LogP contribution in [0.15, 0.2) is 55.1 Å². The molecule has 0 unspecified atom stereocenters. The van der Waals surface area contributed by atoms with Crippen LogP contribution in [0.4, 0.5) is 10.1 Å². The molecule has 1 amide bonds. The number of anilines is 1. The van der Waals surface area contributed by atoms with Crippen molar-refractivity contribution in [1.29, 1.82) is 0 Å². The highest BCUT2D eigenvalue weighted by Crippen LogP contribution is 2.47. The fraction of sp³-hybridized carbons (Fsp3) is 0.583. The van der Waals surface area contributed by atoms with Crippen LogP contribution >= 0.6 is 11.6 Å². The van der Waals surface area contributed by atoms with E-state index in [0.29, 0.717) is 23.4 Å². The highest BCUT2D eigenvalue weighted by atomic mass is 35.5. The van der Waals surface area contributed by atoms with Gasteiger partial charge in [-0.3, -0.25) is 9.48 Å². The fourth-order valence-corrected chi connectivity index (χ4v) is 8.34. The van der Waals surface area contributed by atoms with E-state index in [9.17, 15) is 9.18 Å². The van der Waals surface area contributed by atoms with Crippen molar-refractivity contribution in [3.63, 3.8) is 0 Å². The van der Waals surface area contributed by atoms with Crippen molar-refractivity contribution in [1.82, 2.24) is 25.0 Å². The van der Waals surface area contributed by atoms with Crippen molar-refractivity contribution in [2.45, 2.75) is 109 Å². The summed E-state index contributed by atoms with van der Waals surface area (Å²) in [6.45, 7) is 4.41. The third-order valence-corrected chi connectivity index (χ3v) is 11.1. The number of aromatic nitrogens is 3. The monoisotopic (exact) mass is 634 g/mol. The van der Waals surface area contributed by atoms with Crippen molar-refractivity contribution in [3.05, 3.63) is 77.1 Å². The van der Waals surface area contributed by atoms with E-state index in [1.807, 2.05) is 48.3 Å². The van der Waals surface area contributed by atoms with E-state index in [0.717, 1.165) is 75.0 Å². The van der Waals surface area contributed by atoms with Gasteiger partial charge in [0.05, 0.1) is 6.04 Å². The molecule has 6 rings (SSSR count). The zero-order chi connectivity index (χ0) is 31.2. The standard InChI is InChI=1S/C36H48ClFN6O/c1-26-21-30(38)11-16-33(26)41-31-12-14-32(15-13-31)42-34(22-27-7-9-29(37)10-8-27)35(45)43-19-17-36(18-20-43,23-44-25-39-24-40-44)28-5-3-2-4-6-28/h7-11,16,21,24-25,28,31-32,34,41-42H,2-6,12-15,17-20,22-23H2,1H3/t31?,32?,34-/m1/s1. The zero-order valence-electron chi connectivity index (χ0n) is 26.6. The first kappa shape index (κ1) is 32.0. The van der Waals surface area contributed by atoms with Crippen LogP contribution in [-0.4, -0.2) is 56.8 Å². The van der Waals surface area contributed by atoms with E-state index in [2.05, 4.69) is 25.6 Å². The molecular formula is C36H48ClFN6O. The predicted molar refractivity (Wildman–Crippen MR) is 178 cm³/mol. The number of benzene rings is 2. The number of carbonyl (C=O) groups is 1. The first-order valence-corrected chi connectivity index (χ1v) is 17.4. The second-order valence-electron chi connectivity index (χ2n) is 13.8. The Hall–Kier alpha value is -2.97. The van der Waals surface area contributed by atoms with Gasteiger partial charge in [0, 0.05) is 42.4 Å². The van der Waals surface area contributed by atoms with E-state index in [-0.39, 0.29) is 29.2 Å². The molecule has 2 heterocycles. The van der Waals surface area contributed by atoms with E-state index in [1.165, 1.54) is 38.2 Å². The Bertz CT molecular complexity index is 1380. The van der Waals surface area contributed by atoms with Gasteiger partial charge in [0.2, 0.25) is 5.91 Å². The Morgan fingerprint density at radius 1 is 1.00 bits per heavy atom. The SMILES string of the molecule is Cc1cc(F)ccc1NC1CCC(N[C@H](Cc2ccc(Cl)cc2)C(=O)N2CCC(Cn3cncn3)(C3CCCCC3)CC2)CC1.